The van der Waals surface area contributed by atoms with Gasteiger partial charge >= 0.3 is 0 Å². The first kappa shape index (κ1) is 13.3. The molecule has 1 N–H and O–H groups in total. The van der Waals surface area contributed by atoms with E-state index in [1.54, 1.807) is 17.9 Å². The van der Waals surface area contributed by atoms with Gasteiger partial charge in [0.1, 0.15) is 12.2 Å². The Kier molecular flexibility index (Phi) is 3.90. The van der Waals surface area contributed by atoms with E-state index < -0.39 is 5.60 Å². The molecule has 0 saturated carbocycles. The van der Waals surface area contributed by atoms with E-state index in [1.165, 1.54) is 0 Å². The highest BCUT2D eigenvalue weighted by atomic mass is 35.5. The van der Waals surface area contributed by atoms with Crippen molar-refractivity contribution in [2.24, 2.45) is 0 Å². The van der Waals surface area contributed by atoms with Crippen LogP contribution in [0.3, 0.4) is 0 Å². The second-order valence-corrected chi connectivity index (χ2v) is 5.21. The Morgan fingerprint density at radius 3 is 3.00 bits per heavy atom. The first-order valence-corrected chi connectivity index (χ1v) is 6.17. The molecule has 1 unspecified atom stereocenters. The first-order valence-electron chi connectivity index (χ1n) is 5.79. The zero-order valence-electron chi connectivity index (χ0n) is 10.2. The molecule has 1 aliphatic heterocycles. The third-order valence-electron chi connectivity index (χ3n) is 3.02. The van der Waals surface area contributed by atoms with Gasteiger partial charge in [-0.05, 0) is 24.6 Å². The van der Waals surface area contributed by atoms with Crippen LogP contribution in [0.15, 0.2) is 24.3 Å². The summed E-state index contributed by atoms with van der Waals surface area (Å²) < 4.78 is 5.35. The number of carbonyl (C=O) groups is 1. The molecule has 1 fully saturated rings. The van der Waals surface area contributed by atoms with Crippen LogP contribution in [-0.2, 0) is 16.1 Å². The number of aliphatic hydroxyl groups is 1. The van der Waals surface area contributed by atoms with E-state index in [0.29, 0.717) is 18.1 Å². The SMILES string of the molecule is CC1(CO)CN(Cc2cccc(Cl)c2)C(=O)CO1. The van der Waals surface area contributed by atoms with Crippen molar-refractivity contribution in [2.45, 2.75) is 19.1 Å². The summed E-state index contributed by atoms with van der Waals surface area (Å²) in [5.74, 6) is -0.0686. The summed E-state index contributed by atoms with van der Waals surface area (Å²) in [6.07, 6.45) is 0. The molecule has 0 spiro atoms. The number of ether oxygens (including phenoxy) is 1. The van der Waals surface area contributed by atoms with Crippen LogP contribution in [0.5, 0.6) is 0 Å². The molecular weight excluding hydrogens is 254 g/mol. The number of halogens is 1. The largest absolute Gasteiger partial charge is 0.393 e. The maximum absolute atomic E-state index is 11.8. The molecular formula is C13H16ClNO3. The van der Waals surface area contributed by atoms with Gasteiger partial charge in [-0.15, -0.1) is 0 Å². The van der Waals surface area contributed by atoms with Crippen LogP contribution < -0.4 is 0 Å². The van der Waals surface area contributed by atoms with Crippen LogP contribution in [0.2, 0.25) is 5.02 Å². The van der Waals surface area contributed by atoms with Crippen molar-refractivity contribution in [1.29, 1.82) is 0 Å². The van der Waals surface area contributed by atoms with Gasteiger partial charge in [0.25, 0.3) is 0 Å². The van der Waals surface area contributed by atoms with Gasteiger partial charge < -0.3 is 14.7 Å². The van der Waals surface area contributed by atoms with Crippen LogP contribution in [0.4, 0.5) is 0 Å². The second-order valence-electron chi connectivity index (χ2n) is 4.78. The Balaban J connectivity index is 2.09. The van der Waals surface area contributed by atoms with Crippen LogP contribution in [0.1, 0.15) is 12.5 Å². The number of hydrogen-bond donors (Lipinski definition) is 1. The zero-order valence-corrected chi connectivity index (χ0v) is 11.0. The molecule has 1 amide bonds. The summed E-state index contributed by atoms with van der Waals surface area (Å²) in [6, 6.07) is 7.41. The summed E-state index contributed by atoms with van der Waals surface area (Å²) in [5.41, 5.74) is 0.296. The van der Waals surface area contributed by atoms with Crippen molar-refractivity contribution >= 4 is 17.5 Å². The third-order valence-corrected chi connectivity index (χ3v) is 3.25. The van der Waals surface area contributed by atoms with Gasteiger partial charge in [0.05, 0.1) is 13.2 Å². The Bertz CT molecular complexity index is 452. The predicted molar refractivity (Wildman–Crippen MR) is 68.3 cm³/mol. The monoisotopic (exact) mass is 269 g/mol. The molecule has 5 heteroatoms. The minimum absolute atomic E-state index is 0.0115. The number of morpholine rings is 1. The third kappa shape index (κ3) is 3.02. The molecule has 0 radical (unpaired) electrons. The van der Waals surface area contributed by atoms with Gasteiger partial charge in [-0.3, -0.25) is 4.79 Å². The van der Waals surface area contributed by atoms with E-state index in [9.17, 15) is 9.90 Å². The fourth-order valence-corrected chi connectivity index (χ4v) is 2.17. The summed E-state index contributed by atoms with van der Waals surface area (Å²) in [5, 5.41) is 9.93. The van der Waals surface area contributed by atoms with Gasteiger partial charge in [-0.2, -0.15) is 0 Å². The minimum atomic E-state index is -0.674. The highest BCUT2D eigenvalue weighted by Gasteiger charge is 2.35. The maximum Gasteiger partial charge on any atom is 0.249 e. The van der Waals surface area contributed by atoms with Crippen LogP contribution in [0.25, 0.3) is 0 Å². The highest BCUT2D eigenvalue weighted by Crippen LogP contribution is 2.20. The number of benzene rings is 1. The first-order chi connectivity index (χ1) is 8.52. The number of amides is 1. The number of nitrogens with zero attached hydrogens (tertiary/aromatic N) is 1. The minimum Gasteiger partial charge on any atom is -0.393 e. The van der Waals surface area contributed by atoms with Crippen molar-refractivity contribution < 1.29 is 14.6 Å². The molecule has 18 heavy (non-hydrogen) atoms. The summed E-state index contributed by atoms with van der Waals surface area (Å²) in [6.45, 7) is 2.57. The molecule has 0 aromatic heterocycles. The van der Waals surface area contributed by atoms with Crippen LogP contribution in [-0.4, -0.2) is 41.3 Å². The van der Waals surface area contributed by atoms with Gasteiger partial charge in [0, 0.05) is 11.6 Å². The maximum atomic E-state index is 11.8. The molecule has 1 aliphatic rings. The Hall–Kier alpha value is -1.10. The molecule has 4 nitrogen and oxygen atoms in total. The van der Waals surface area contributed by atoms with E-state index in [0.717, 1.165) is 5.56 Å². The molecule has 1 aromatic rings. The highest BCUT2D eigenvalue weighted by molar-refractivity contribution is 6.30. The number of hydrogen-bond acceptors (Lipinski definition) is 3. The molecule has 1 saturated heterocycles. The van der Waals surface area contributed by atoms with Gasteiger partial charge in [0.2, 0.25) is 5.91 Å². The standard InChI is InChI=1S/C13H16ClNO3/c1-13(9-16)8-15(12(17)7-18-13)6-10-3-2-4-11(14)5-10/h2-5,16H,6-9H2,1H3. The van der Waals surface area contributed by atoms with Gasteiger partial charge in [-0.25, -0.2) is 0 Å². The molecule has 1 atom stereocenters. The van der Waals surface area contributed by atoms with E-state index in [1.807, 2.05) is 18.2 Å². The molecule has 0 aliphatic carbocycles. The second kappa shape index (κ2) is 5.26. The van der Waals surface area contributed by atoms with Crippen molar-refractivity contribution in [3.05, 3.63) is 34.9 Å². The Morgan fingerprint density at radius 2 is 2.33 bits per heavy atom. The lowest BCUT2D eigenvalue weighted by Crippen LogP contribution is -2.54. The van der Waals surface area contributed by atoms with Crippen LogP contribution >= 0.6 is 11.6 Å². The van der Waals surface area contributed by atoms with E-state index >= 15 is 0 Å². The van der Waals surface area contributed by atoms with Gasteiger partial charge in [-0.1, -0.05) is 23.7 Å². The average molecular weight is 270 g/mol. The number of aliphatic hydroxyl groups excluding tert-OH is 1. The summed E-state index contributed by atoms with van der Waals surface area (Å²) in [4.78, 5) is 13.5. The average Bonchev–Trinajstić information content (AvgIpc) is 2.34. The zero-order chi connectivity index (χ0) is 13.2. The number of carbonyl (C=O) groups excluding carboxylic acids is 1. The lowest BCUT2D eigenvalue weighted by molar-refractivity contribution is -0.167. The topological polar surface area (TPSA) is 49.8 Å². The summed E-state index contributed by atoms with van der Waals surface area (Å²) >= 11 is 5.91. The van der Waals surface area contributed by atoms with Crippen LogP contribution in [0, 0.1) is 0 Å². The quantitative estimate of drug-likeness (QED) is 0.904. The predicted octanol–water partition coefficient (Wildman–Crippen LogP) is 1.45. The number of rotatable bonds is 3. The van der Waals surface area contributed by atoms with Crippen molar-refractivity contribution in [2.75, 3.05) is 19.8 Å². The lowest BCUT2D eigenvalue weighted by atomic mass is 10.0. The van der Waals surface area contributed by atoms with Gasteiger partial charge in [0.15, 0.2) is 0 Å². The van der Waals surface area contributed by atoms with Crippen molar-refractivity contribution in [1.82, 2.24) is 4.90 Å². The molecule has 0 bridgehead atoms. The smallest absolute Gasteiger partial charge is 0.249 e. The molecule has 98 valence electrons. The normalized spacial score (nSPS) is 24.4. The molecule has 2 rings (SSSR count). The Morgan fingerprint density at radius 1 is 1.56 bits per heavy atom. The summed E-state index contributed by atoms with van der Waals surface area (Å²) in [7, 11) is 0. The van der Waals surface area contributed by atoms with E-state index in [4.69, 9.17) is 16.3 Å². The van der Waals surface area contributed by atoms with E-state index in [2.05, 4.69) is 0 Å². The van der Waals surface area contributed by atoms with Crippen molar-refractivity contribution in [3.8, 4) is 0 Å². The Labute approximate surface area is 111 Å². The molecule has 1 heterocycles. The fraction of sp³-hybridized carbons (Fsp3) is 0.462. The van der Waals surface area contributed by atoms with E-state index in [-0.39, 0.29) is 19.1 Å². The lowest BCUT2D eigenvalue weighted by Gasteiger charge is -2.39. The molecule has 1 aromatic carbocycles. The fourth-order valence-electron chi connectivity index (χ4n) is 1.96. The van der Waals surface area contributed by atoms with Crippen molar-refractivity contribution in [3.63, 3.8) is 0 Å².